The summed E-state index contributed by atoms with van der Waals surface area (Å²) in [6.07, 6.45) is 3.29. The van der Waals surface area contributed by atoms with Gasteiger partial charge in [0, 0.05) is 38.7 Å². The second-order valence-electron chi connectivity index (χ2n) is 9.97. The molecule has 0 aromatic heterocycles. The smallest absolute Gasteiger partial charge is 0.0557 e. The van der Waals surface area contributed by atoms with E-state index in [1.807, 2.05) is 24.3 Å². The second-order valence-corrected chi connectivity index (χ2v) is 12.2. The molecule has 4 rings (SSSR count). The fourth-order valence-electron chi connectivity index (χ4n) is 4.65. The number of halogens is 3. The first-order valence-corrected chi connectivity index (χ1v) is 14.2. The molecule has 0 aliphatic carbocycles. The van der Waals surface area contributed by atoms with Gasteiger partial charge in [0.15, 0.2) is 0 Å². The van der Waals surface area contributed by atoms with Gasteiger partial charge in [-0.05, 0) is 102 Å². The quantitative estimate of drug-likeness (QED) is 0.283. The van der Waals surface area contributed by atoms with Crippen LogP contribution in [-0.4, -0.2) is 13.1 Å². The highest BCUT2D eigenvalue weighted by atomic mass is 35.5. The minimum atomic E-state index is 0.208. The summed E-state index contributed by atoms with van der Waals surface area (Å²) >= 11 is 20.7. The third-order valence-corrected chi connectivity index (χ3v) is 8.87. The van der Waals surface area contributed by atoms with E-state index in [0.717, 1.165) is 53.6 Å². The van der Waals surface area contributed by atoms with Crippen LogP contribution in [0.4, 0.5) is 5.69 Å². The average molecular weight is 548 g/mol. The molecule has 1 N–H and O–H groups in total. The summed E-state index contributed by atoms with van der Waals surface area (Å²) in [6.45, 7) is 8.73. The van der Waals surface area contributed by atoms with E-state index in [4.69, 9.17) is 34.8 Å². The Labute approximate surface area is 229 Å². The molecule has 0 bridgehead atoms. The Balaban J connectivity index is 1.43. The van der Waals surface area contributed by atoms with Crippen LogP contribution >= 0.6 is 46.8 Å². The van der Waals surface area contributed by atoms with Crippen LogP contribution in [0.5, 0.6) is 0 Å². The number of hydrogen-bond acceptors (Lipinski definition) is 3. The summed E-state index contributed by atoms with van der Waals surface area (Å²) in [4.78, 5) is 3.71. The van der Waals surface area contributed by atoms with Gasteiger partial charge in [-0.1, -0.05) is 73.8 Å². The van der Waals surface area contributed by atoms with Gasteiger partial charge < -0.3 is 4.90 Å². The lowest BCUT2D eigenvalue weighted by Crippen LogP contribution is -2.41. The van der Waals surface area contributed by atoms with Gasteiger partial charge in [-0.2, -0.15) is 0 Å². The van der Waals surface area contributed by atoms with Crippen LogP contribution < -0.4 is 9.62 Å². The average Bonchev–Trinajstić information content (AvgIpc) is 2.85. The number of nitrogens with zero attached hydrogens (tertiary/aromatic N) is 1. The van der Waals surface area contributed by atoms with Gasteiger partial charge >= 0.3 is 0 Å². The van der Waals surface area contributed by atoms with Gasteiger partial charge in [-0.3, -0.25) is 4.72 Å². The number of rotatable bonds is 8. The first-order valence-electron chi connectivity index (χ1n) is 12.2. The standard InChI is InChI=1S/C29H33Cl3N2S/c1-4-29(2,3)21-6-13-25(14-7-21)35-33-18-20-5-16-28(26-15-10-23(31)17-27(26)32)34(19-20)24-11-8-22(30)9-12-24/h6-15,17,20,28,33H,4-5,16,18-19H2,1-3H3. The van der Waals surface area contributed by atoms with Gasteiger partial charge in [-0.25, -0.2) is 0 Å². The summed E-state index contributed by atoms with van der Waals surface area (Å²) < 4.78 is 3.62. The van der Waals surface area contributed by atoms with Crippen LogP contribution in [0.3, 0.4) is 0 Å². The lowest BCUT2D eigenvalue weighted by atomic mass is 9.82. The highest BCUT2D eigenvalue weighted by Crippen LogP contribution is 2.40. The molecule has 1 heterocycles. The molecule has 2 atom stereocenters. The Bertz CT molecular complexity index is 1120. The first kappa shape index (κ1) is 26.7. The predicted octanol–water partition coefficient (Wildman–Crippen LogP) is 9.59. The van der Waals surface area contributed by atoms with E-state index in [1.165, 1.54) is 10.5 Å². The van der Waals surface area contributed by atoms with Crippen molar-refractivity contribution in [3.63, 3.8) is 0 Å². The van der Waals surface area contributed by atoms with Gasteiger partial charge in [0.2, 0.25) is 0 Å². The Kier molecular flexibility index (Phi) is 8.99. The molecule has 3 aromatic rings. The molecular formula is C29H33Cl3N2S. The Hall–Kier alpha value is -1.36. The first-order chi connectivity index (χ1) is 16.8. The van der Waals surface area contributed by atoms with Crippen LogP contribution in [0.25, 0.3) is 0 Å². The normalized spacial score (nSPS) is 18.6. The predicted molar refractivity (Wildman–Crippen MR) is 154 cm³/mol. The largest absolute Gasteiger partial charge is 0.364 e. The monoisotopic (exact) mass is 546 g/mol. The van der Waals surface area contributed by atoms with E-state index >= 15 is 0 Å². The maximum Gasteiger partial charge on any atom is 0.0557 e. The van der Waals surface area contributed by atoms with Crippen LogP contribution in [0, 0.1) is 5.92 Å². The molecule has 35 heavy (non-hydrogen) atoms. The molecule has 1 saturated heterocycles. The van der Waals surface area contributed by atoms with Crippen LogP contribution in [0.2, 0.25) is 15.1 Å². The minimum absolute atomic E-state index is 0.208. The van der Waals surface area contributed by atoms with Crippen molar-refractivity contribution in [2.45, 2.75) is 56.4 Å². The second kappa shape index (κ2) is 11.8. The molecule has 186 valence electrons. The van der Waals surface area contributed by atoms with Crippen LogP contribution in [-0.2, 0) is 5.41 Å². The molecule has 0 spiro atoms. The van der Waals surface area contributed by atoms with Gasteiger partial charge in [0.1, 0.15) is 0 Å². The molecule has 1 aliphatic rings. The summed E-state index contributed by atoms with van der Waals surface area (Å²) in [5.74, 6) is 0.527. The molecule has 1 aliphatic heterocycles. The van der Waals surface area contributed by atoms with Crippen molar-refractivity contribution < 1.29 is 0 Å². The third kappa shape index (κ3) is 6.70. The number of piperidine rings is 1. The van der Waals surface area contributed by atoms with Crippen molar-refractivity contribution in [2.75, 3.05) is 18.0 Å². The zero-order valence-electron chi connectivity index (χ0n) is 20.5. The maximum atomic E-state index is 6.63. The Morgan fingerprint density at radius 3 is 2.26 bits per heavy atom. The summed E-state index contributed by atoms with van der Waals surface area (Å²) in [7, 11) is 0. The maximum absolute atomic E-state index is 6.63. The number of anilines is 1. The van der Waals surface area contributed by atoms with Gasteiger partial charge in [0.05, 0.1) is 6.04 Å². The van der Waals surface area contributed by atoms with E-state index in [-0.39, 0.29) is 11.5 Å². The fraction of sp³-hybridized carbons (Fsp3) is 0.379. The zero-order valence-corrected chi connectivity index (χ0v) is 23.6. The van der Waals surface area contributed by atoms with E-state index in [1.54, 1.807) is 11.9 Å². The molecule has 2 nitrogen and oxygen atoms in total. The third-order valence-electron chi connectivity index (χ3n) is 7.24. The van der Waals surface area contributed by atoms with Crippen molar-refractivity contribution in [3.05, 3.63) is 92.9 Å². The molecule has 0 saturated carbocycles. The van der Waals surface area contributed by atoms with E-state index in [0.29, 0.717) is 10.9 Å². The molecular weight excluding hydrogens is 515 g/mol. The Morgan fingerprint density at radius 2 is 1.60 bits per heavy atom. The van der Waals surface area contributed by atoms with Crippen molar-refractivity contribution in [1.82, 2.24) is 4.72 Å². The van der Waals surface area contributed by atoms with Gasteiger partial charge in [0.25, 0.3) is 0 Å². The molecule has 2 unspecified atom stereocenters. The summed E-state index contributed by atoms with van der Waals surface area (Å²) in [5, 5.41) is 2.14. The van der Waals surface area contributed by atoms with Crippen LogP contribution in [0.1, 0.15) is 57.2 Å². The topological polar surface area (TPSA) is 15.3 Å². The van der Waals surface area contributed by atoms with E-state index < -0.39 is 0 Å². The lowest BCUT2D eigenvalue weighted by Gasteiger charge is -2.42. The van der Waals surface area contributed by atoms with Crippen LogP contribution in [0.15, 0.2) is 71.6 Å². The van der Waals surface area contributed by atoms with Crippen molar-refractivity contribution in [2.24, 2.45) is 5.92 Å². The van der Waals surface area contributed by atoms with E-state index in [9.17, 15) is 0 Å². The zero-order chi connectivity index (χ0) is 25.0. The SMILES string of the molecule is CCC(C)(C)c1ccc(SNCC2CCC(c3ccc(Cl)cc3Cl)N(c3ccc(Cl)cc3)C2)cc1. The molecule has 0 amide bonds. The lowest BCUT2D eigenvalue weighted by molar-refractivity contribution is 0.361. The fourth-order valence-corrected chi connectivity index (χ4v) is 6.07. The Morgan fingerprint density at radius 1 is 0.914 bits per heavy atom. The van der Waals surface area contributed by atoms with Crippen molar-refractivity contribution in [3.8, 4) is 0 Å². The highest BCUT2D eigenvalue weighted by Gasteiger charge is 2.31. The van der Waals surface area contributed by atoms with Gasteiger partial charge in [-0.15, -0.1) is 0 Å². The van der Waals surface area contributed by atoms with Crippen molar-refractivity contribution in [1.29, 1.82) is 0 Å². The highest BCUT2D eigenvalue weighted by molar-refractivity contribution is 7.97. The number of nitrogens with one attached hydrogen (secondary N) is 1. The summed E-state index contributed by atoms with van der Waals surface area (Å²) in [5.41, 5.74) is 3.90. The van der Waals surface area contributed by atoms with Crippen molar-refractivity contribution >= 4 is 52.4 Å². The minimum Gasteiger partial charge on any atom is -0.364 e. The number of hydrogen-bond donors (Lipinski definition) is 1. The summed E-state index contributed by atoms with van der Waals surface area (Å²) in [6, 6.07) is 23.1. The number of benzene rings is 3. The van der Waals surface area contributed by atoms with E-state index in [2.05, 4.69) is 72.9 Å². The molecule has 6 heteroatoms. The molecule has 1 fully saturated rings. The molecule has 0 radical (unpaired) electrons. The molecule has 3 aromatic carbocycles.